The number of nitrogens with one attached hydrogen (secondary N) is 1. The molecule has 0 saturated heterocycles. The number of hydrazone groups is 1. The van der Waals surface area contributed by atoms with Crippen molar-refractivity contribution < 1.29 is 23.8 Å². The van der Waals surface area contributed by atoms with Crippen LogP contribution in [0.2, 0.25) is 0 Å². The van der Waals surface area contributed by atoms with E-state index >= 15 is 0 Å². The van der Waals surface area contributed by atoms with E-state index in [1.54, 1.807) is 60.8 Å². The number of hydrogen-bond acceptors (Lipinski definition) is 7. The minimum Gasteiger partial charge on any atom is -0.494 e. The van der Waals surface area contributed by atoms with Gasteiger partial charge in [0, 0.05) is 12.4 Å². The van der Waals surface area contributed by atoms with E-state index in [0.29, 0.717) is 41.4 Å². The predicted molar refractivity (Wildman–Crippen MR) is 119 cm³/mol. The number of benzene rings is 2. The van der Waals surface area contributed by atoms with Gasteiger partial charge in [-0.15, -0.1) is 0 Å². The number of nitrogens with zero attached hydrogens (tertiary/aromatic N) is 2. The molecule has 0 aliphatic heterocycles. The van der Waals surface area contributed by atoms with Gasteiger partial charge < -0.3 is 14.2 Å². The molecule has 32 heavy (non-hydrogen) atoms. The van der Waals surface area contributed by atoms with Crippen LogP contribution in [0.1, 0.15) is 40.1 Å². The van der Waals surface area contributed by atoms with Crippen molar-refractivity contribution in [3.63, 3.8) is 0 Å². The topological polar surface area (TPSA) is 99.1 Å². The summed E-state index contributed by atoms with van der Waals surface area (Å²) in [7, 11) is 0. The highest BCUT2D eigenvalue weighted by Gasteiger charge is 2.13. The molecule has 3 rings (SSSR count). The summed E-state index contributed by atoms with van der Waals surface area (Å²) in [4.78, 5) is 28.4. The minimum absolute atomic E-state index is 0.280. The zero-order valence-corrected chi connectivity index (χ0v) is 17.8. The summed E-state index contributed by atoms with van der Waals surface area (Å²) in [5, 5.41) is 3.95. The molecule has 8 nitrogen and oxygen atoms in total. The third kappa shape index (κ3) is 6.15. The van der Waals surface area contributed by atoms with Gasteiger partial charge in [0.2, 0.25) is 0 Å². The number of esters is 1. The van der Waals surface area contributed by atoms with Gasteiger partial charge in [0.15, 0.2) is 11.5 Å². The molecule has 0 fully saturated rings. The molecule has 0 spiro atoms. The van der Waals surface area contributed by atoms with Crippen molar-refractivity contribution in [3.8, 4) is 17.2 Å². The molecule has 164 valence electrons. The van der Waals surface area contributed by atoms with E-state index in [4.69, 9.17) is 14.2 Å². The number of amides is 1. The summed E-state index contributed by atoms with van der Waals surface area (Å²) < 4.78 is 16.5. The van der Waals surface area contributed by atoms with Crippen molar-refractivity contribution in [2.75, 3.05) is 13.2 Å². The SMILES string of the molecule is CCOc1ccc(C(=O)Oc2ccc(/C=N\NC(=O)c3cccnc3)cc2OCC)cc1. The average molecular weight is 433 g/mol. The number of aromatic nitrogens is 1. The molecule has 0 unspecified atom stereocenters. The number of hydrogen-bond donors (Lipinski definition) is 1. The molecular formula is C24H23N3O5. The molecule has 1 aromatic heterocycles. The predicted octanol–water partition coefficient (Wildman–Crippen LogP) is 3.86. The van der Waals surface area contributed by atoms with E-state index in [-0.39, 0.29) is 11.7 Å². The lowest BCUT2D eigenvalue weighted by Crippen LogP contribution is -2.17. The molecule has 1 heterocycles. The van der Waals surface area contributed by atoms with Crippen LogP contribution in [0.25, 0.3) is 0 Å². The Bertz CT molecular complexity index is 1080. The Kier molecular flexibility index (Phi) is 7.91. The highest BCUT2D eigenvalue weighted by atomic mass is 16.6. The highest BCUT2D eigenvalue weighted by Crippen LogP contribution is 2.29. The van der Waals surface area contributed by atoms with Crippen LogP contribution in [0, 0.1) is 0 Å². The van der Waals surface area contributed by atoms with Crippen LogP contribution in [-0.4, -0.2) is 36.3 Å². The fourth-order valence-corrected chi connectivity index (χ4v) is 2.70. The first-order chi connectivity index (χ1) is 15.6. The Morgan fingerprint density at radius 3 is 2.44 bits per heavy atom. The summed E-state index contributed by atoms with van der Waals surface area (Å²) >= 11 is 0. The number of pyridine rings is 1. The maximum absolute atomic E-state index is 12.5. The molecule has 0 aliphatic rings. The van der Waals surface area contributed by atoms with Crippen LogP contribution < -0.4 is 19.6 Å². The summed E-state index contributed by atoms with van der Waals surface area (Å²) in [6.07, 6.45) is 4.50. The van der Waals surface area contributed by atoms with E-state index in [1.165, 1.54) is 12.4 Å². The Morgan fingerprint density at radius 1 is 0.969 bits per heavy atom. The van der Waals surface area contributed by atoms with E-state index in [9.17, 15) is 9.59 Å². The Hall–Kier alpha value is -4.20. The van der Waals surface area contributed by atoms with Crippen LogP contribution in [0.5, 0.6) is 17.2 Å². The summed E-state index contributed by atoms with van der Waals surface area (Å²) in [5.74, 6) is 0.453. The smallest absolute Gasteiger partial charge is 0.343 e. The lowest BCUT2D eigenvalue weighted by molar-refractivity contribution is 0.0728. The minimum atomic E-state index is -0.515. The van der Waals surface area contributed by atoms with Crippen LogP contribution >= 0.6 is 0 Å². The third-order valence-corrected chi connectivity index (χ3v) is 4.17. The van der Waals surface area contributed by atoms with Gasteiger partial charge in [0.25, 0.3) is 5.91 Å². The zero-order valence-electron chi connectivity index (χ0n) is 17.8. The maximum atomic E-state index is 12.5. The van der Waals surface area contributed by atoms with Crippen LogP contribution in [-0.2, 0) is 0 Å². The lowest BCUT2D eigenvalue weighted by atomic mass is 10.2. The Labute approximate surface area is 185 Å². The normalized spacial score (nSPS) is 10.6. The standard InChI is InChI=1S/C24H23N3O5/c1-3-30-20-10-8-18(9-11-20)24(29)32-21-12-7-17(14-22(21)31-4-2)15-26-27-23(28)19-6-5-13-25-16-19/h5-16H,3-4H2,1-2H3,(H,27,28)/b26-15-. The van der Waals surface area contributed by atoms with E-state index in [0.717, 1.165) is 0 Å². The van der Waals surface area contributed by atoms with Crippen molar-refractivity contribution >= 4 is 18.1 Å². The number of ether oxygens (including phenoxy) is 3. The molecule has 1 amide bonds. The first-order valence-corrected chi connectivity index (χ1v) is 10.1. The summed E-state index contributed by atoms with van der Waals surface area (Å²) in [6.45, 7) is 4.64. The van der Waals surface area contributed by atoms with E-state index < -0.39 is 5.97 Å². The molecule has 0 atom stereocenters. The second kappa shape index (κ2) is 11.3. The van der Waals surface area contributed by atoms with Gasteiger partial charge >= 0.3 is 5.97 Å². The quantitative estimate of drug-likeness (QED) is 0.238. The monoisotopic (exact) mass is 433 g/mol. The fourth-order valence-electron chi connectivity index (χ4n) is 2.70. The van der Waals surface area contributed by atoms with Crippen molar-refractivity contribution in [2.45, 2.75) is 13.8 Å². The number of rotatable bonds is 9. The number of carbonyl (C=O) groups excluding carboxylic acids is 2. The first-order valence-electron chi connectivity index (χ1n) is 10.1. The van der Waals surface area contributed by atoms with Crippen molar-refractivity contribution in [1.82, 2.24) is 10.4 Å². The van der Waals surface area contributed by atoms with Gasteiger partial charge in [-0.1, -0.05) is 0 Å². The average Bonchev–Trinajstić information content (AvgIpc) is 2.82. The first kappa shape index (κ1) is 22.5. The Morgan fingerprint density at radius 2 is 1.75 bits per heavy atom. The fraction of sp³-hybridized carbons (Fsp3) is 0.167. The van der Waals surface area contributed by atoms with E-state index in [1.807, 2.05) is 13.8 Å². The molecule has 8 heteroatoms. The van der Waals surface area contributed by atoms with Gasteiger partial charge in [-0.25, -0.2) is 10.2 Å². The second-order valence-corrected chi connectivity index (χ2v) is 6.43. The van der Waals surface area contributed by atoms with Crippen molar-refractivity contribution in [1.29, 1.82) is 0 Å². The Balaban J connectivity index is 1.68. The molecule has 2 aromatic carbocycles. The van der Waals surface area contributed by atoms with Crippen LogP contribution in [0.15, 0.2) is 72.1 Å². The molecule has 1 N–H and O–H groups in total. The van der Waals surface area contributed by atoms with Gasteiger partial charge in [-0.05, 0) is 74.0 Å². The van der Waals surface area contributed by atoms with Gasteiger partial charge in [-0.2, -0.15) is 5.10 Å². The van der Waals surface area contributed by atoms with Crippen LogP contribution in [0.4, 0.5) is 0 Å². The third-order valence-electron chi connectivity index (χ3n) is 4.17. The van der Waals surface area contributed by atoms with Gasteiger partial charge in [0.05, 0.1) is 30.6 Å². The molecule has 0 saturated carbocycles. The largest absolute Gasteiger partial charge is 0.494 e. The second-order valence-electron chi connectivity index (χ2n) is 6.43. The van der Waals surface area contributed by atoms with Crippen molar-refractivity contribution in [2.24, 2.45) is 5.10 Å². The van der Waals surface area contributed by atoms with Crippen molar-refractivity contribution in [3.05, 3.63) is 83.7 Å². The molecular weight excluding hydrogens is 410 g/mol. The molecule has 3 aromatic rings. The summed E-state index contributed by atoms with van der Waals surface area (Å²) in [5.41, 5.74) is 3.88. The van der Waals surface area contributed by atoms with Gasteiger partial charge in [0.1, 0.15) is 5.75 Å². The zero-order chi connectivity index (χ0) is 22.8. The molecule has 0 bridgehead atoms. The van der Waals surface area contributed by atoms with E-state index in [2.05, 4.69) is 15.5 Å². The van der Waals surface area contributed by atoms with Crippen LogP contribution in [0.3, 0.4) is 0 Å². The number of carbonyl (C=O) groups is 2. The maximum Gasteiger partial charge on any atom is 0.343 e. The molecule has 0 radical (unpaired) electrons. The lowest BCUT2D eigenvalue weighted by Gasteiger charge is -2.11. The molecule has 0 aliphatic carbocycles. The van der Waals surface area contributed by atoms with Gasteiger partial charge in [-0.3, -0.25) is 9.78 Å². The highest BCUT2D eigenvalue weighted by molar-refractivity contribution is 5.94. The summed E-state index contributed by atoms with van der Waals surface area (Å²) in [6, 6.07) is 15.0.